The van der Waals surface area contributed by atoms with Gasteiger partial charge in [0.25, 0.3) is 0 Å². The van der Waals surface area contributed by atoms with Crippen LogP contribution in [0.15, 0.2) is 17.5 Å². The van der Waals surface area contributed by atoms with Gasteiger partial charge in [0.15, 0.2) is 0 Å². The quantitative estimate of drug-likeness (QED) is 0.748. The van der Waals surface area contributed by atoms with E-state index < -0.39 is 5.97 Å². The van der Waals surface area contributed by atoms with E-state index in [-0.39, 0.29) is 12.5 Å². The number of hydrogen-bond acceptors (Lipinski definition) is 3. The van der Waals surface area contributed by atoms with Crippen molar-refractivity contribution in [2.75, 3.05) is 13.1 Å². The molecule has 0 aliphatic carbocycles. The minimum Gasteiger partial charge on any atom is -0.481 e. The molecule has 0 spiro atoms. The van der Waals surface area contributed by atoms with E-state index in [4.69, 9.17) is 5.11 Å². The molecular formula is C14H23NO2S. The molecule has 1 rings (SSSR count). The van der Waals surface area contributed by atoms with Gasteiger partial charge in [0, 0.05) is 10.9 Å². The second-order valence-electron chi connectivity index (χ2n) is 4.57. The lowest BCUT2D eigenvalue weighted by molar-refractivity contribution is -0.138. The Bertz CT molecular complexity index is 332. The first-order chi connectivity index (χ1) is 8.67. The van der Waals surface area contributed by atoms with Crippen LogP contribution >= 0.6 is 11.3 Å². The number of nitrogens with zero attached hydrogens (tertiary/aromatic N) is 1. The fourth-order valence-corrected chi connectivity index (χ4v) is 3.02. The third kappa shape index (κ3) is 5.19. The zero-order valence-electron chi connectivity index (χ0n) is 11.3. The van der Waals surface area contributed by atoms with Gasteiger partial charge >= 0.3 is 5.97 Å². The van der Waals surface area contributed by atoms with Crippen LogP contribution < -0.4 is 0 Å². The van der Waals surface area contributed by atoms with E-state index in [2.05, 4.69) is 30.2 Å². The predicted molar refractivity (Wildman–Crippen MR) is 76.2 cm³/mol. The van der Waals surface area contributed by atoms with Gasteiger partial charge in [0.1, 0.15) is 0 Å². The highest BCUT2D eigenvalue weighted by atomic mass is 32.1. The largest absolute Gasteiger partial charge is 0.481 e. The van der Waals surface area contributed by atoms with Crippen LogP contribution in [0.5, 0.6) is 0 Å². The average molecular weight is 269 g/mol. The first-order valence-electron chi connectivity index (χ1n) is 6.65. The van der Waals surface area contributed by atoms with Crippen LogP contribution in [0.3, 0.4) is 0 Å². The van der Waals surface area contributed by atoms with E-state index in [0.717, 1.165) is 32.4 Å². The lowest BCUT2D eigenvalue weighted by Crippen LogP contribution is -2.39. The van der Waals surface area contributed by atoms with E-state index in [9.17, 15) is 4.79 Å². The SMILES string of the molecule is CCCN(CCC)C(CC(=O)O)Cc1cccs1. The minimum atomic E-state index is -0.700. The van der Waals surface area contributed by atoms with Crippen molar-refractivity contribution in [3.05, 3.63) is 22.4 Å². The number of carbonyl (C=O) groups is 1. The molecule has 0 aromatic carbocycles. The van der Waals surface area contributed by atoms with Crippen molar-refractivity contribution in [3.8, 4) is 0 Å². The maximum atomic E-state index is 11.0. The Hall–Kier alpha value is -0.870. The van der Waals surface area contributed by atoms with Gasteiger partial charge < -0.3 is 5.11 Å². The molecule has 1 aromatic rings. The second kappa shape index (κ2) is 8.27. The highest BCUT2D eigenvalue weighted by Gasteiger charge is 2.21. The van der Waals surface area contributed by atoms with Gasteiger partial charge in [-0.15, -0.1) is 11.3 Å². The molecule has 0 saturated heterocycles. The number of rotatable bonds is 9. The summed E-state index contributed by atoms with van der Waals surface area (Å²) in [5.74, 6) is -0.700. The summed E-state index contributed by atoms with van der Waals surface area (Å²) in [6, 6.07) is 4.25. The van der Waals surface area contributed by atoms with Crippen LogP contribution in [0, 0.1) is 0 Å². The maximum absolute atomic E-state index is 11.0. The smallest absolute Gasteiger partial charge is 0.304 e. The zero-order chi connectivity index (χ0) is 13.4. The number of carboxylic acids is 1. The molecule has 0 aliphatic rings. The summed E-state index contributed by atoms with van der Waals surface area (Å²) in [5.41, 5.74) is 0. The first kappa shape index (κ1) is 15.2. The molecule has 102 valence electrons. The predicted octanol–water partition coefficient (Wildman–Crippen LogP) is 3.26. The highest BCUT2D eigenvalue weighted by Crippen LogP contribution is 2.17. The van der Waals surface area contributed by atoms with Crippen LogP contribution in [-0.2, 0) is 11.2 Å². The van der Waals surface area contributed by atoms with Crippen molar-refractivity contribution in [3.63, 3.8) is 0 Å². The molecule has 1 atom stereocenters. The van der Waals surface area contributed by atoms with E-state index in [1.165, 1.54) is 4.88 Å². The summed E-state index contributed by atoms with van der Waals surface area (Å²) >= 11 is 1.71. The monoisotopic (exact) mass is 269 g/mol. The Morgan fingerprint density at radius 2 is 2.06 bits per heavy atom. The Kier molecular flexibility index (Phi) is 6.98. The van der Waals surface area contributed by atoms with Gasteiger partial charge in [-0.2, -0.15) is 0 Å². The van der Waals surface area contributed by atoms with E-state index in [1.54, 1.807) is 11.3 Å². The first-order valence-corrected chi connectivity index (χ1v) is 7.53. The van der Waals surface area contributed by atoms with Crippen molar-refractivity contribution in [2.45, 2.75) is 45.6 Å². The third-order valence-corrected chi connectivity index (χ3v) is 3.86. The van der Waals surface area contributed by atoms with Gasteiger partial charge in [-0.05, 0) is 43.8 Å². The molecular weight excluding hydrogens is 246 g/mol. The molecule has 1 N–H and O–H groups in total. The third-order valence-electron chi connectivity index (χ3n) is 2.97. The molecule has 0 aliphatic heterocycles. The Morgan fingerprint density at radius 1 is 1.39 bits per heavy atom. The number of thiophene rings is 1. The minimum absolute atomic E-state index is 0.126. The van der Waals surface area contributed by atoms with Gasteiger partial charge in [-0.25, -0.2) is 0 Å². The molecule has 1 unspecified atom stereocenters. The van der Waals surface area contributed by atoms with Crippen molar-refractivity contribution < 1.29 is 9.90 Å². The normalized spacial score (nSPS) is 12.8. The summed E-state index contributed by atoms with van der Waals surface area (Å²) < 4.78 is 0. The van der Waals surface area contributed by atoms with Gasteiger partial charge in [-0.1, -0.05) is 19.9 Å². The Labute approximate surface area is 113 Å². The molecule has 3 nitrogen and oxygen atoms in total. The topological polar surface area (TPSA) is 40.5 Å². The molecule has 0 radical (unpaired) electrons. The average Bonchev–Trinajstić information content (AvgIpc) is 2.80. The highest BCUT2D eigenvalue weighted by molar-refractivity contribution is 7.09. The van der Waals surface area contributed by atoms with Crippen LogP contribution in [-0.4, -0.2) is 35.1 Å². The summed E-state index contributed by atoms with van der Waals surface area (Å²) in [6.45, 7) is 6.26. The summed E-state index contributed by atoms with van der Waals surface area (Å²) in [5, 5.41) is 11.1. The summed E-state index contributed by atoms with van der Waals surface area (Å²) in [7, 11) is 0. The molecule has 4 heteroatoms. The zero-order valence-corrected chi connectivity index (χ0v) is 12.1. The fourth-order valence-electron chi connectivity index (χ4n) is 2.24. The van der Waals surface area contributed by atoms with Crippen molar-refractivity contribution in [1.82, 2.24) is 4.90 Å². The van der Waals surface area contributed by atoms with Crippen molar-refractivity contribution in [1.29, 1.82) is 0 Å². The fraction of sp³-hybridized carbons (Fsp3) is 0.643. The molecule has 1 heterocycles. The number of hydrogen-bond donors (Lipinski definition) is 1. The van der Waals surface area contributed by atoms with Crippen molar-refractivity contribution >= 4 is 17.3 Å². The lowest BCUT2D eigenvalue weighted by atomic mass is 10.1. The molecule has 0 fully saturated rings. The van der Waals surface area contributed by atoms with Crippen LogP contribution in [0.25, 0.3) is 0 Å². The van der Waals surface area contributed by atoms with Gasteiger partial charge in [0.2, 0.25) is 0 Å². The van der Waals surface area contributed by atoms with Gasteiger partial charge in [-0.3, -0.25) is 9.69 Å². The molecule has 0 bridgehead atoms. The summed E-state index contributed by atoms with van der Waals surface area (Å²) in [4.78, 5) is 14.6. The van der Waals surface area contributed by atoms with E-state index in [0.29, 0.717) is 0 Å². The van der Waals surface area contributed by atoms with E-state index in [1.807, 2.05) is 6.07 Å². The lowest BCUT2D eigenvalue weighted by Gasteiger charge is -2.30. The molecule has 0 amide bonds. The van der Waals surface area contributed by atoms with E-state index >= 15 is 0 Å². The number of carboxylic acid groups (broad SMARTS) is 1. The Balaban J connectivity index is 2.70. The maximum Gasteiger partial charge on any atom is 0.304 e. The molecule has 18 heavy (non-hydrogen) atoms. The molecule has 1 aromatic heterocycles. The molecule has 0 saturated carbocycles. The van der Waals surface area contributed by atoms with Crippen LogP contribution in [0.4, 0.5) is 0 Å². The Morgan fingerprint density at radius 3 is 2.50 bits per heavy atom. The number of aliphatic carboxylic acids is 1. The standard InChI is InChI=1S/C14H23NO2S/c1-3-7-15(8-4-2)12(11-14(16)17)10-13-6-5-9-18-13/h5-6,9,12H,3-4,7-8,10-11H2,1-2H3,(H,16,17). The van der Waals surface area contributed by atoms with Crippen LogP contribution in [0.1, 0.15) is 38.0 Å². The van der Waals surface area contributed by atoms with Gasteiger partial charge in [0.05, 0.1) is 6.42 Å². The second-order valence-corrected chi connectivity index (χ2v) is 5.60. The summed E-state index contributed by atoms with van der Waals surface area (Å²) in [6.07, 6.45) is 3.23. The van der Waals surface area contributed by atoms with Crippen molar-refractivity contribution in [2.24, 2.45) is 0 Å². The van der Waals surface area contributed by atoms with Crippen LogP contribution in [0.2, 0.25) is 0 Å².